The van der Waals surface area contributed by atoms with E-state index in [2.05, 4.69) is 32.2 Å². The van der Waals surface area contributed by atoms with Gasteiger partial charge in [0, 0.05) is 11.5 Å². The average Bonchev–Trinajstić information content (AvgIpc) is 2.78. The lowest BCUT2D eigenvalue weighted by atomic mass is 9.74. The largest absolute Gasteiger partial charge is 0.373 e. The number of ether oxygens (including phenoxy) is 1. The summed E-state index contributed by atoms with van der Waals surface area (Å²) >= 11 is 1.78. The van der Waals surface area contributed by atoms with E-state index in [-0.39, 0.29) is 11.6 Å². The fourth-order valence-electron chi connectivity index (χ4n) is 3.08. The molecule has 102 valence electrons. The Hall–Kier alpha value is -0.380. The topological polar surface area (TPSA) is 35.2 Å². The van der Waals surface area contributed by atoms with Gasteiger partial charge < -0.3 is 10.5 Å². The van der Waals surface area contributed by atoms with Gasteiger partial charge in [0.1, 0.15) is 0 Å². The zero-order valence-corrected chi connectivity index (χ0v) is 12.6. The van der Waals surface area contributed by atoms with Crippen molar-refractivity contribution in [2.24, 2.45) is 11.7 Å². The second-order valence-corrected chi connectivity index (χ2v) is 6.71. The molecule has 1 atom stereocenters. The summed E-state index contributed by atoms with van der Waals surface area (Å²) in [7, 11) is 0. The summed E-state index contributed by atoms with van der Waals surface area (Å²) in [5.74, 6) is 0.814. The van der Waals surface area contributed by atoms with E-state index in [1.807, 2.05) is 0 Å². The molecule has 18 heavy (non-hydrogen) atoms. The quantitative estimate of drug-likeness (QED) is 0.893. The summed E-state index contributed by atoms with van der Waals surface area (Å²) in [6.45, 7) is 7.32. The summed E-state index contributed by atoms with van der Waals surface area (Å²) < 4.78 is 6.14. The highest BCUT2D eigenvalue weighted by atomic mass is 32.1. The summed E-state index contributed by atoms with van der Waals surface area (Å²) in [4.78, 5) is 1.33. The summed E-state index contributed by atoms with van der Waals surface area (Å²) in [5.41, 5.74) is 7.71. The van der Waals surface area contributed by atoms with Crippen LogP contribution in [0.5, 0.6) is 0 Å². The monoisotopic (exact) mass is 267 g/mol. The highest BCUT2D eigenvalue weighted by molar-refractivity contribution is 7.10. The lowest BCUT2D eigenvalue weighted by Gasteiger charge is -2.43. The number of thiophene rings is 1. The Morgan fingerprint density at radius 1 is 1.50 bits per heavy atom. The van der Waals surface area contributed by atoms with Gasteiger partial charge in [-0.15, -0.1) is 11.3 Å². The van der Waals surface area contributed by atoms with E-state index in [1.165, 1.54) is 23.3 Å². The normalized spacial score (nSPS) is 30.3. The number of aryl methyl sites for hydroxylation is 1. The first-order valence-electron chi connectivity index (χ1n) is 7.02. The molecule has 0 aromatic carbocycles. The van der Waals surface area contributed by atoms with Gasteiger partial charge in [-0.1, -0.05) is 6.92 Å². The van der Waals surface area contributed by atoms with E-state index in [4.69, 9.17) is 10.5 Å². The molecule has 2 nitrogen and oxygen atoms in total. The van der Waals surface area contributed by atoms with Gasteiger partial charge in [0.15, 0.2) is 0 Å². The Balaban J connectivity index is 2.22. The molecule has 3 heteroatoms. The maximum Gasteiger partial charge on any atom is 0.0874 e. The zero-order chi connectivity index (χ0) is 13.2. The third-order valence-corrected chi connectivity index (χ3v) is 5.21. The predicted octanol–water partition coefficient (Wildman–Crippen LogP) is 4.04. The minimum absolute atomic E-state index is 0.0243. The predicted molar refractivity (Wildman–Crippen MR) is 78.0 cm³/mol. The number of hydrogen-bond donors (Lipinski definition) is 1. The van der Waals surface area contributed by atoms with Gasteiger partial charge in [0.25, 0.3) is 0 Å². The molecule has 0 amide bonds. The SMILES string of the molecule is CCOC1(C(N)c2ccsc2C)CCC(C)CC1. The number of rotatable bonds is 4. The van der Waals surface area contributed by atoms with Gasteiger partial charge in [-0.3, -0.25) is 0 Å². The molecular formula is C15H25NOS. The molecule has 1 aliphatic rings. The Labute approximate surface area is 115 Å². The third-order valence-electron chi connectivity index (χ3n) is 4.35. The van der Waals surface area contributed by atoms with E-state index in [0.717, 1.165) is 25.4 Å². The second kappa shape index (κ2) is 5.72. The van der Waals surface area contributed by atoms with Gasteiger partial charge in [-0.25, -0.2) is 0 Å². The van der Waals surface area contributed by atoms with Crippen LogP contribution in [-0.4, -0.2) is 12.2 Å². The Morgan fingerprint density at radius 3 is 2.67 bits per heavy atom. The molecule has 1 saturated carbocycles. The molecule has 0 saturated heterocycles. The van der Waals surface area contributed by atoms with Crippen LogP contribution in [0.4, 0.5) is 0 Å². The van der Waals surface area contributed by atoms with E-state index < -0.39 is 0 Å². The van der Waals surface area contributed by atoms with Crippen molar-refractivity contribution in [3.05, 3.63) is 21.9 Å². The van der Waals surface area contributed by atoms with Crippen LogP contribution in [0.15, 0.2) is 11.4 Å². The molecule has 0 bridgehead atoms. The van der Waals surface area contributed by atoms with Crippen LogP contribution >= 0.6 is 11.3 Å². The molecule has 2 rings (SSSR count). The summed E-state index contributed by atoms with van der Waals surface area (Å²) in [5, 5.41) is 2.13. The molecule has 1 aliphatic carbocycles. The number of nitrogens with two attached hydrogens (primary N) is 1. The van der Waals surface area contributed by atoms with Crippen LogP contribution in [0, 0.1) is 12.8 Å². The van der Waals surface area contributed by atoms with E-state index in [1.54, 1.807) is 11.3 Å². The van der Waals surface area contributed by atoms with Crippen molar-refractivity contribution in [2.45, 2.75) is 58.1 Å². The van der Waals surface area contributed by atoms with Gasteiger partial charge in [-0.2, -0.15) is 0 Å². The van der Waals surface area contributed by atoms with Crippen LogP contribution < -0.4 is 5.73 Å². The molecule has 1 aromatic rings. The average molecular weight is 267 g/mol. The minimum Gasteiger partial charge on any atom is -0.373 e. The lowest BCUT2D eigenvalue weighted by molar-refractivity contribution is -0.0897. The highest BCUT2D eigenvalue weighted by Gasteiger charge is 2.41. The Kier molecular flexibility index (Phi) is 4.46. The first-order valence-corrected chi connectivity index (χ1v) is 7.90. The standard InChI is InChI=1S/C15H25NOS/c1-4-17-15(8-5-11(2)6-9-15)14(16)13-7-10-18-12(13)3/h7,10-11,14H,4-6,8-9,16H2,1-3H3. The van der Waals surface area contributed by atoms with E-state index in [9.17, 15) is 0 Å². The van der Waals surface area contributed by atoms with Gasteiger partial charge >= 0.3 is 0 Å². The smallest absolute Gasteiger partial charge is 0.0874 e. The molecule has 1 fully saturated rings. The van der Waals surface area contributed by atoms with E-state index in [0.29, 0.717) is 0 Å². The van der Waals surface area contributed by atoms with Crippen LogP contribution in [0.2, 0.25) is 0 Å². The van der Waals surface area contributed by atoms with Crippen LogP contribution in [0.25, 0.3) is 0 Å². The zero-order valence-electron chi connectivity index (χ0n) is 11.7. The molecule has 0 spiro atoms. The first kappa shape index (κ1) is 14.0. The van der Waals surface area contributed by atoms with Crippen LogP contribution in [0.1, 0.15) is 56.0 Å². The molecule has 2 N–H and O–H groups in total. The minimum atomic E-state index is -0.132. The van der Waals surface area contributed by atoms with Crippen LogP contribution in [-0.2, 0) is 4.74 Å². The first-order chi connectivity index (χ1) is 8.59. The number of hydrogen-bond acceptors (Lipinski definition) is 3. The molecule has 1 unspecified atom stereocenters. The highest BCUT2D eigenvalue weighted by Crippen LogP contribution is 2.43. The van der Waals surface area contributed by atoms with E-state index >= 15 is 0 Å². The third kappa shape index (κ3) is 2.63. The van der Waals surface area contributed by atoms with Gasteiger partial charge in [0.05, 0.1) is 11.6 Å². The van der Waals surface area contributed by atoms with Gasteiger partial charge in [-0.05, 0) is 62.5 Å². The Morgan fingerprint density at radius 2 is 2.17 bits per heavy atom. The van der Waals surface area contributed by atoms with Crippen molar-refractivity contribution in [3.63, 3.8) is 0 Å². The van der Waals surface area contributed by atoms with Crippen LogP contribution in [0.3, 0.4) is 0 Å². The van der Waals surface area contributed by atoms with Crippen molar-refractivity contribution < 1.29 is 4.74 Å². The van der Waals surface area contributed by atoms with Crippen molar-refractivity contribution >= 4 is 11.3 Å². The fraction of sp³-hybridized carbons (Fsp3) is 0.733. The van der Waals surface area contributed by atoms with Gasteiger partial charge in [0.2, 0.25) is 0 Å². The van der Waals surface area contributed by atoms with Crippen molar-refractivity contribution in [3.8, 4) is 0 Å². The second-order valence-electron chi connectivity index (χ2n) is 5.59. The molecule has 1 heterocycles. The molecule has 1 aromatic heterocycles. The summed E-state index contributed by atoms with van der Waals surface area (Å²) in [6.07, 6.45) is 4.66. The molecule has 0 radical (unpaired) electrons. The lowest BCUT2D eigenvalue weighted by Crippen LogP contribution is -2.46. The van der Waals surface area contributed by atoms with Crippen molar-refractivity contribution in [1.82, 2.24) is 0 Å². The Bertz CT molecular complexity index is 380. The maximum atomic E-state index is 6.56. The fourth-order valence-corrected chi connectivity index (χ4v) is 3.83. The molecule has 0 aliphatic heterocycles. The maximum absolute atomic E-state index is 6.56. The van der Waals surface area contributed by atoms with Crippen molar-refractivity contribution in [1.29, 1.82) is 0 Å². The van der Waals surface area contributed by atoms with Crippen molar-refractivity contribution in [2.75, 3.05) is 6.61 Å². The molecular weight excluding hydrogens is 242 g/mol. The summed E-state index contributed by atoms with van der Waals surface area (Å²) in [6, 6.07) is 2.19.